The first kappa shape index (κ1) is 9.03. The van der Waals surface area contributed by atoms with Gasteiger partial charge in [-0.2, -0.15) is 0 Å². The van der Waals surface area contributed by atoms with Crippen molar-refractivity contribution in [2.75, 3.05) is 13.6 Å². The van der Waals surface area contributed by atoms with Gasteiger partial charge in [0.15, 0.2) is 0 Å². The number of rotatable bonds is 3. The Kier molecular flexibility index (Phi) is 2.35. The molecule has 1 saturated carbocycles. The Labute approximate surface area is 71.7 Å². The second kappa shape index (κ2) is 3.13. The van der Waals surface area contributed by atoms with Crippen molar-refractivity contribution < 1.29 is 9.59 Å². The number of hydrogen-bond donors (Lipinski definition) is 2. The predicted molar refractivity (Wildman–Crippen MR) is 44.4 cm³/mol. The van der Waals surface area contributed by atoms with Gasteiger partial charge in [0.05, 0.1) is 0 Å². The largest absolute Gasteiger partial charge is 0.358 e. The summed E-state index contributed by atoms with van der Waals surface area (Å²) in [7, 11) is 1.56. The van der Waals surface area contributed by atoms with E-state index in [0.29, 0.717) is 19.4 Å². The first-order chi connectivity index (χ1) is 5.67. The topological polar surface area (TPSA) is 58.2 Å². The minimum Gasteiger partial charge on any atom is -0.358 e. The monoisotopic (exact) mass is 170 g/mol. The molecule has 0 unspecified atom stereocenters. The van der Waals surface area contributed by atoms with Crippen LogP contribution in [0.2, 0.25) is 0 Å². The third kappa shape index (κ3) is 1.29. The van der Waals surface area contributed by atoms with E-state index in [1.54, 1.807) is 7.05 Å². The predicted octanol–water partition coefficient (Wildman–Crippen LogP) is -0.351. The summed E-state index contributed by atoms with van der Waals surface area (Å²) in [6.07, 6.45) is 1.36. The lowest BCUT2D eigenvalue weighted by atomic mass is 10.1. The van der Waals surface area contributed by atoms with Crippen LogP contribution in [0, 0.1) is 5.41 Å². The van der Waals surface area contributed by atoms with Crippen LogP contribution in [0.3, 0.4) is 0 Å². The molecule has 0 atom stereocenters. The van der Waals surface area contributed by atoms with Crippen molar-refractivity contribution >= 4 is 11.8 Å². The van der Waals surface area contributed by atoms with Gasteiger partial charge < -0.3 is 10.6 Å². The third-order valence-electron chi connectivity index (χ3n) is 2.18. The fourth-order valence-electron chi connectivity index (χ4n) is 1.25. The zero-order valence-corrected chi connectivity index (χ0v) is 7.44. The van der Waals surface area contributed by atoms with Crippen molar-refractivity contribution in [1.29, 1.82) is 0 Å². The molecule has 4 nitrogen and oxygen atoms in total. The molecule has 68 valence electrons. The van der Waals surface area contributed by atoms with Gasteiger partial charge >= 0.3 is 0 Å². The minimum absolute atomic E-state index is 0.135. The summed E-state index contributed by atoms with van der Waals surface area (Å²) in [6.45, 7) is 2.43. The van der Waals surface area contributed by atoms with Crippen LogP contribution in [0.1, 0.15) is 19.8 Å². The Balaban J connectivity index is 2.60. The van der Waals surface area contributed by atoms with Crippen LogP contribution in [-0.2, 0) is 9.59 Å². The summed E-state index contributed by atoms with van der Waals surface area (Å²) in [5, 5.41) is 5.17. The van der Waals surface area contributed by atoms with Crippen molar-refractivity contribution in [2.24, 2.45) is 5.41 Å². The highest BCUT2D eigenvalue weighted by atomic mass is 16.2. The SMILES string of the molecule is CCNC(=O)C1(C(=O)NC)CC1. The molecule has 0 spiro atoms. The minimum atomic E-state index is -0.731. The first-order valence-corrected chi connectivity index (χ1v) is 4.18. The van der Waals surface area contributed by atoms with Gasteiger partial charge in [-0.1, -0.05) is 0 Å². The van der Waals surface area contributed by atoms with Crippen molar-refractivity contribution in [1.82, 2.24) is 10.6 Å². The highest BCUT2D eigenvalue weighted by Gasteiger charge is 2.55. The maximum Gasteiger partial charge on any atom is 0.235 e. The molecule has 0 saturated heterocycles. The number of nitrogens with one attached hydrogen (secondary N) is 2. The lowest BCUT2D eigenvalue weighted by Gasteiger charge is -2.11. The maximum absolute atomic E-state index is 11.4. The molecule has 1 aliphatic rings. The standard InChI is InChI=1S/C8H14N2O2/c1-3-10-7(12)8(4-5-8)6(11)9-2/h3-5H2,1-2H3,(H,9,11)(H,10,12). The van der Waals surface area contributed by atoms with Gasteiger partial charge in [0.25, 0.3) is 0 Å². The normalized spacial score (nSPS) is 18.2. The number of carbonyl (C=O) groups excluding carboxylic acids is 2. The molecule has 0 bridgehead atoms. The van der Waals surface area contributed by atoms with E-state index in [2.05, 4.69) is 10.6 Å². The molecule has 0 radical (unpaired) electrons. The molecule has 1 aliphatic carbocycles. The summed E-state index contributed by atoms with van der Waals surface area (Å²) in [4.78, 5) is 22.6. The van der Waals surface area contributed by atoms with Gasteiger partial charge in [-0.05, 0) is 19.8 Å². The molecule has 0 aromatic carbocycles. The molecular formula is C8H14N2O2. The van der Waals surface area contributed by atoms with Gasteiger partial charge in [-0.15, -0.1) is 0 Å². The Morgan fingerprint density at radius 1 is 1.33 bits per heavy atom. The maximum atomic E-state index is 11.4. The van der Waals surface area contributed by atoms with Crippen LogP contribution in [-0.4, -0.2) is 25.4 Å². The van der Waals surface area contributed by atoms with Gasteiger partial charge in [0.2, 0.25) is 11.8 Å². The molecule has 0 aromatic rings. The van der Waals surface area contributed by atoms with Gasteiger partial charge in [0, 0.05) is 13.6 Å². The van der Waals surface area contributed by atoms with Crippen molar-refractivity contribution in [3.8, 4) is 0 Å². The van der Waals surface area contributed by atoms with Crippen LogP contribution in [0.15, 0.2) is 0 Å². The van der Waals surface area contributed by atoms with Crippen LogP contribution >= 0.6 is 0 Å². The van der Waals surface area contributed by atoms with Gasteiger partial charge in [0.1, 0.15) is 5.41 Å². The molecule has 4 heteroatoms. The number of carbonyl (C=O) groups is 2. The van der Waals surface area contributed by atoms with Crippen molar-refractivity contribution in [2.45, 2.75) is 19.8 Å². The van der Waals surface area contributed by atoms with Crippen LogP contribution in [0.25, 0.3) is 0 Å². The fraction of sp³-hybridized carbons (Fsp3) is 0.750. The van der Waals surface area contributed by atoms with E-state index in [-0.39, 0.29) is 11.8 Å². The second-order valence-corrected chi connectivity index (χ2v) is 3.02. The van der Waals surface area contributed by atoms with E-state index in [1.807, 2.05) is 6.92 Å². The molecule has 1 fully saturated rings. The van der Waals surface area contributed by atoms with Crippen LogP contribution in [0.4, 0.5) is 0 Å². The highest BCUT2D eigenvalue weighted by molar-refractivity contribution is 6.07. The molecule has 12 heavy (non-hydrogen) atoms. The molecule has 0 heterocycles. The van der Waals surface area contributed by atoms with Gasteiger partial charge in [-0.25, -0.2) is 0 Å². The first-order valence-electron chi connectivity index (χ1n) is 4.18. The molecular weight excluding hydrogens is 156 g/mol. The van der Waals surface area contributed by atoms with Crippen LogP contribution in [0.5, 0.6) is 0 Å². The second-order valence-electron chi connectivity index (χ2n) is 3.02. The quantitative estimate of drug-likeness (QED) is 0.569. The summed E-state index contributed by atoms with van der Waals surface area (Å²) < 4.78 is 0. The summed E-state index contributed by atoms with van der Waals surface area (Å²) >= 11 is 0. The Bertz CT molecular complexity index is 209. The molecule has 0 aromatic heterocycles. The number of hydrogen-bond acceptors (Lipinski definition) is 2. The highest BCUT2D eigenvalue weighted by Crippen LogP contribution is 2.45. The molecule has 1 rings (SSSR count). The smallest absolute Gasteiger partial charge is 0.235 e. The zero-order chi connectivity index (χ0) is 9.19. The van der Waals surface area contributed by atoms with E-state index in [1.165, 1.54) is 0 Å². The average molecular weight is 170 g/mol. The van der Waals surface area contributed by atoms with E-state index in [0.717, 1.165) is 0 Å². The van der Waals surface area contributed by atoms with E-state index >= 15 is 0 Å². The summed E-state index contributed by atoms with van der Waals surface area (Å²) in [5.74, 6) is -0.294. The average Bonchev–Trinajstić information content (AvgIpc) is 2.84. The van der Waals surface area contributed by atoms with Crippen molar-refractivity contribution in [3.05, 3.63) is 0 Å². The zero-order valence-electron chi connectivity index (χ0n) is 7.44. The van der Waals surface area contributed by atoms with E-state index < -0.39 is 5.41 Å². The summed E-state index contributed by atoms with van der Waals surface area (Å²) in [5.41, 5.74) is -0.731. The van der Waals surface area contributed by atoms with E-state index in [4.69, 9.17) is 0 Å². The molecule has 0 aliphatic heterocycles. The summed E-state index contributed by atoms with van der Waals surface area (Å²) in [6, 6.07) is 0. The lowest BCUT2D eigenvalue weighted by Crippen LogP contribution is -2.41. The molecule has 2 amide bonds. The third-order valence-corrected chi connectivity index (χ3v) is 2.18. The molecule has 2 N–H and O–H groups in total. The Morgan fingerprint density at radius 2 is 1.92 bits per heavy atom. The van der Waals surface area contributed by atoms with E-state index in [9.17, 15) is 9.59 Å². The number of amides is 2. The van der Waals surface area contributed by atoms with Crippen molar-refractivity contribution in [3.63, 3.8) is 0 Å². The Morgan fingerprint density at radius 3 is 2.25 bits per heavy atom. The van der Waals surface area contributed by atoms with Crippen LogP contribution < -0.4 is 10.6 Å². The lowest BCUT2D eigenvalue weighted by molar-refractivity contribution is -0.136. The Hall–Kier alpha value is -1.06. The van der Waals surface area contributed by atoms with Gasteiger partial charge in [-0.3, -0.25) is 9.59 Å². The fourth-order valence-corrected chi connectivity index (χ4v) is 1.25.